The number of aromatic nitrogens is 1. The molecule has 21 heavy (non-hydrogen) atoms. The topological polar surface area (TPSA) is 54.0 Å². The van der Waals surface area contributed by atoms with Crippen molar-refractivity contribution in [3.8, 4) is 0 Å². The van der Waals surface area contributed by atoms with Crippen molar-refractivity contribution in [1.82, 2.24) is 4.98 Å². The van der Waals surface area contributed by atoms with Crippen LogP contribution in [0.25, 0.3) is 0 Å². The van der Waals surface area contributed by atoms with Crippen LogP contribution in [0.2, 0.25) is 5.02 Å². The van der Waals surface area contributed by atoms with Crippen molar-refractivity contribution in [3.05, 3.63) is 52.9 Å². The minimum absolute atomic E-state index is 0.0344. The van der Waals surface area contributed by atoms with Gasteiger partial charge in [0, 0.05) is 24.0 Å². The molecule has 0 fully saturated rings. The summed E-state index contributed by atoms with van der Waals surface area (Å²) in [6.07, 6.45) is 2.52. The van der Waals surface area contributed by atoms with Gasteiger partial charge in [0.2, 0.25) is 0 Å². The van der Waals surface area contributed by atoms with Gasteiger partial charge in [-0.1, -0.05) is 18.5 Å². The van der Waals surface area contributed by atoms with Gasteiger partial charge in [-0.05, 0) is 36.8 Å². The maximum absolute atomic E-state index is 13.1. The average Bonchev–Trinajstić information content (AvgIpc) is 2.49. The molecule has 0 unspecified atom stereocenters. The van der Waals surface area contributed by atoms with E-state index in [0.717, 1.165) is 13.0 Å². The van der Waals surface area contributed by atoms with Gasteiger partial charge in [0.25, 0.3) is 5.91 Å². The molecule has 2 aromatic rings. The maximum Gasteiger partial charge on any atom is 0.255 e. The highest BCUT2D eigenvalue weighted by Crippen LogP contribution is 2.20. The molecule has 0 bridgehead atoms. The first-order chi connectivity index (χ1) is 10.1. The Kier molecular flexibility index (Phi) is 5.11. The predicted molar refractivity (Wildman–Crippen MR) is 82.4 cm³/mol. The Morgan fingerprint density at radius 3 is 2.86 bits per heavy atom. The zero-order valence-corrected chi connectivity index (χ0v) is 12.2. The summed E-state index contributed by atoms with van der Waals surface area (Å²) >= 11 is 5.68. The zero-order chi connectivity index (χ0) is 15.2. The standard InChI is InChI=1S/C15H15ClFN3O/c1-2-6-18-14-8-10(5-7-19-14)15(21)20-11-3-4-13(17)12(16)9-11/h3-5,7-9H,2,6H2,1H3,(H,18,19)(H,20,21). The zero-order valence-electron chi connectivity index (χ0n) is 11.5. The summed E-state index contributed by atoms with van der Waals surface area (Å²) in [5.41, 5.74) is 0.898. The molecule has 2 N–H and O–H groups in total. The molecule has 2 rings (SSSR count). The molecule has 6 heteroatoms. The first kappa shape index (κ1) is 15.3. The van der Waals surface area contributed by atoms with E-state index in [1.807, 2.05) is 6.92 Å². The lowest BCUT2D eigenvalue weighted by Crippen LogP contribution is -2.13. The summed E-state index contributed by atoms with van der Waals surface area (Å²) in [5.74, 6) is -0.189. The molecule has 1 heterocycles. The Morgan fingerprint density at radius 2 is 2.14 bits per heavy atom. The fraction of sp³-hybridized carbons (Fsp3) is 0.200. The molecular formula is C15H15ClFN3O. The molecule has 0 aliphatic rings. The highest BCUT2D eigenvalue weighted by Gasteiger charge is 2.09. The molecule has 0 spiro atoms. The maximum atomic E-state index is 13.1. The smallest absolute Gasteiger partial charge is 0.255 e. The second-order valence-corrected chi connectivity index (χ2v) is 4.85. The van der Waals surface area contributed by atoms with Gasteiger partial charge in [-0.3, -0.25) is 4.79 Å². The van der Waals surface area contributed by atoms with Crippen LogP contribution in [0.4, 0.5) is 15.9 Å². The number of nitrogens with one attached hydrogen (secondary N) is 2. The van der Waals surface area contributed by atoms with Crippen LogP contribution < -0.4 is 10.6 Å². The number of halogens is 2. The molecule has 0 aliphatic carbocycles. The predicted octanol–water partition coefficient (Wildman–Crippen LogP) is 3.95. The molecule has 1 aromatic carbocycles. The first-order valence-corrected chi connectivity index (χ1v) is 6.94. The van der Waals surface area contributed by atoms with Crippen molar-refractivity contribution < 1.29 is 9.18 Å². The Morgan fingerprint density at radius 1 is 1.33 bits per heavy atom. The third kappa shape index (κ3) is 4.16. The number of carbonyl (C=O) groups is 1. The van der Waals surface area contributed by atoms with Gasteiger partial charge in [-0.15, -0.1) is 0 Å². The van der Waals surface area contributed by atoms with Crippen LogP contribution in [0.3, 0.4) is 0 Å². The third-order valence-electron chi connectivity index (χ3n) is 2.76. The monoisotopic (exact) mass is 307 g/mol. The van der Waals surface area contributed by atoms with Crippen LogP contribution in [0.15, 0.2) is 36.5 Å². The van der Waals surface area contributed by atoms with Gasteiger partial charge in [0.15, 0.2) is 0 Å². The van der Waals surface area contributed by atoms with Gasteiger partial charge in [-0.2, -0.15) is 0 Å². The van der Waals surface area contributed by atoms with Crippen molar-refractivity contribution in [2.24, 2.45) is 0 Å². The van der Waals surface area contributed by atoms with Crippen LogP contribution in [-0.2, 0) is 0 Å². The molecule has 1 aromatic heterocycles. The van der Waals surface area contributed by atoms with Gasteiger partial charge in [0.05, 0.1) is 5.02 Å². The second kappa shape index (κ2) is 7.04. The van der Waals surface area contributed by atoms with Gasteiger partial charge in [-0.25, -0.2) is 9.37 Å². The van der Waals surface area contributed by atoms with E-state index in [-0.39, 0.29) is 10.9 Å². The molecule has 0 saturated carbocycles. The number of hydrogen-bond donors (Lipinski definition) is 2. The van der Waals surface area contributed by atoms with Crippen LogP contribution in [0, 0.1) is 5.82 Å². The van der Waals surface area contributed by atoms with Crippen LogP contribution >= 0.6 is 11.6 Å². The number of nitrogens with zero attached hydrogens (tertiary/aromatic N) is 1. The van der Waals surface area contributed by atoms with Crippen LogP contribution in [0.5, 0.6) is 0 Å². The summed E-state index contributed by atoms with van der Waals surface area (Å²) in [6.45, 7) is 2.83. The van der Waals surface area contributed by atoms with E-state index in [2.05, 4.69) is 15.6 Å². The van der Waals surface area contributed by atoms with E-state index in [4.69, 9.17) is 11.6 Å². The molecular weight excluding hydrogens is 293 g/mol. The fourth-order valence-electron chi connectivity index (χ4n) is 1.70. The van der Waals surface area contributed by atoms with Crippen molar-refractivity contribution in [2.45, 2.75) is 13.3 Å². The molecule has 0 radical (unpaired) electrons. The number of carbonyl (C=O) groups excluding carboxylic acids is 1. The van der Waals surface area contributed by atoms with E-state index >= 15 is 0 Å². The molecule has 0 atom stereocenters. The SMILES string of the molecule is CCCNc1cc(C(=O)Nc2ccc(F)c(Cl)c2)ccn1. The normalized spacial score (nSPS) is 10.2. The van der Waals surface area contributed by atoms with Crippen LogP contribution in [0.1, 0.15) is 23.7 Å². The number of hydrogen-bond acceptors (Lipinski definition) is 3. The Bertz CT molecular complexity index is 649. The van der Waals surface area contributed by atoms with Crippen molar-refractivity contribution >= 4 is 29.0 Å². The Labute approximate surface area is 127 Å². The van der Waals surface area contributed by atoms with E-state index in [0.29, 0.717) is 17.1 Å². The Balaban J connectivity index is 2.10. The summed E-state index contributed by atoms with van der Waals surface area (Å²) in [5, 5.41) is 5.74. The highest BCUT2D eigenvalue weighted by atomic mass is 35.5. The summed E-state index contributed by atoms with van der Waals surface area (Å²) in [6, 6.07) is 7.30. The van der Waals surface area contributed by atoms with E-state index in [1.165, 1.54) is 18.2 Å². The largest absolute Gasteiger partial charge is 0.370 e. The highest BCUT2D eigenvalue weighted by molar-refractivity contribution is 6.31. The Hall–Kier alpha value is -2.14. The number of rotatable bonds is 5. The molecule has 0 aliphatic heterocycles. The first-order valence-electron chi connectivity index (χ1n) is 6.56. The van der Waals surface area contributed by atoms with Crippen molar-refractivity contribution in [2.75, 3.05) is 17.2 Å². The molecule has 0 saturated heterocycles. The van der Waals surface area contributed by atoms with Gasteiger partial charge in [0.1, 0.15) is 11.6 Å². The number of benzene rings is 1. The second-order valence-electron chi connectivity index (χ2n) is 4.44. The quantitative estimate of drug-likeness (QED) is 0.879. The number of pyridine rings is 1. The minimum atomic E-state index is -0.523. The van der Waals surface area contributed by atoms with E-state index in [1.54, 1.807) is 18.3 Å². The van der Waals surface area contributed by atoms with E-state index in [9.17, 15) is 9.18 Å². The number of amides is 1. The molecule has 1 amide bonds. The lowest BCUT2D eigenvalue weighted by Gasteiger charge is -2.08. The van der Waals surface area contributed by atoms with E-state index < -0.39 is 5.82 Å². The third-order valence-corrected chi connectivity index (χ3v) is 3.05. The molecule has 4 nitrogen and oxygen atoms in total. The van der Waals surface area contributed by atoms with Crippen LogP contribution in [-0.4, -0.2) is 17.4 Å². The lowest BCUT2D eigenvalue weighted by molar-refractivity contribution is 0.102. The summed E-state index contributed by atoms with van der Waals surface area (Å²) in [4.78, 5) is 16.3. The summed E-state index contributed by atoms with van der Waals surface area (Å²) < 4.78 is 13.1. The number of anilines is 2. The van der Waals surface area contributed by atoms with Gasteiger partial charge < -0.3 is 10.6 Å². The lowest BCUT2D eigenvalue weighted by atomic mass is 10.2. The van der Waals surface area contributed by atoms with Crippen molar-refractivity contribution in [3.63, 3.8) is 0 Å². The summed E-state index contributed by atoms with van der Waals surface area (Å²) in [7, 11) is 0. The van der Waals surface area contributed by atoms with Gasteiger partial charge >= 0.3 is 0 Å². The average molecular weight is 308 g/mol. The van der Waals surface area contributed by atoms with Crippen molar-refractivity contribution in [1.29, 1.82) is 0 Å². The molecule has 110 valence electrons. The fourth-order valence-corrected chi connectivity index (χ4v) is 1.88. The minimum Gasteiger partial charge on any atom is -0.370 e.